The minimum Gasteiger partial charge on any atom is -0.449 e. The fraction of sp³-hybridized carbons (Fsp3) is 0.429. The third-order valence-electron chi connectivity index (χ3n) is 5.45. The SMILES string of the molecule is CS(=O)(=O)CCC(COC(N)=O)C(=O)N1CC(C#N)CC1c1ncc(-c2ccc(Br)cc2)[nH]1. The quantitative estimate of drug-likeness (QED) is 0.522. The van der Waals surface area contributed by atoms with E-state index in [9.17, 15) is 23.3 Å². The first kappa shape index (κ1) is 24.7. The summed E-state index contributed by atoms with van der Waals surface area (Å²) in [6.07, 6.45) is 2.03. The van der Waals surface area contributed by atoms with Crippen LogP contribution < -0.4 is 5.73 Å². The number of benzene rings is 1. The minimum absolute atomic E-state index is 0.0340. The first-order valence-corrected chi connectivity index (χ1v) is 13.0. The van der Waals surface area contributed by atoms with Crippen molar-refractivity contribution in [2.45, 2.75) is 18.9 Å². The molecule has 2 heterocycles. The number of aromatic nitrogens is 2. The van der Waals surface area contributed by atoms with Crippen molar-refractivity contribution in [2.24, 2.45) is 17.6 Å². The molecule has 0 saturated carbocycles. The number of imidazole rings is 1. The van der Waals surface area contributed by atoms with Gasteiger partial charge in [0.15, 0.2) is 0 Å². The molecule has 176 valence electrons. The average Bonchev–Trinajstić information content (AvgIpc) is 3.40. The third kappa shape index (κ3) is 6.55. The van der Waals surface area contributed by atoms with E-state index in [2.05, 4.69) is 32.0 Å². The van der Waals surface area contributed by atoms with Gasteiger partial charge in [0.1, 0.15) is 22.3 Å². The van der Waals surface area contributed by atoms with Gasteiger partial charge in [-0.25, -0.2) is 18.2 Å². The van der Waals surface area contributed by atoms with Crippen LogP contribution in [-0.2, 0) is 19.4 Å². The third-order valence-corrected chi connectivity index (χ3v) is 6.95. The van der Waals surface area contributed by atoms with Crippen LogP contribution in [0.15, 0.2) is 34.9 Å². The molecule has 0 spiro atoms. The molecule has 1 saturated heterocycles. The van der Waals surface area contributed by atoms with Crippen molar-refractivity contribution < 1.29 is 22.7 Å². The van der Waals surface area contributed by atoms with Gasteiger partial charge >= 0.3 is 6.09 Å². The molecule has 1 aliphatic heterocycles. The first-order chi connectivity index (χ1) is 15.6. The molecule has 1 aromatic carbocycles. The number of hydrogen-bond donors (Lipinski definition) is 2. The summed E-state index contributed by atoms with van der Waals surface area (Å²) in [5.41, 5.74) is 6.71. The predicted molar refractivity (Wildman–Crippen MR) is 123 cm³/mol. The van der Waals surface area contributed by atoms with Gasteiger partial charge in [-0.3, -0.25) is 4.79 Å². The second kappa shape index (κ2) is 10.4. The summed E-state index contributed by atoms with van der Waals surface area (Å²) in [5, 5.41) is 9.48. The fourth-order valence-electron chi connectivity index (χ4n) is 3.77. The minimum atomic E-state index is -3.34. The molecule has 3 unspecified atom stereocenters. The lowest BCUT2D eigenvalue weighted by Gasteiger charge is -2.27. The maximum atomic E-state index is 13.4. The smallest absolute Gasteiger partial charge is 0.404 e. The number of ether oxygens (including phenoxy) is 1. The molecule has 1 fully saturated rings. The zero-order valence-corrected chi connectivity index (χ0v) is 20.3. The molecule has 3 N–H and O–H groups in total. The summed E-state index contributed by atoms with van der Waals surface area (Å²) >= 11 is 3.40. The second-order valence-electron chi connectivity index (χ2n) is 8.00. The highest BCUT2D eigenvalue weighted by Crippen LogP contribution is 2.36. The van der Waals surface area contributed by atoms with Crippen LogP contribution in [0.4, 0.5) is 4.79 Å². The van der Waals surface area contributed by atoms with Crippen LogP contribution in [0.2, 0.25) is 0 Å². The standard InChI is InChI=1S/C21H24BrN5O5S/c1-33(30,31)7-6-15(12-32-21(24)29)20(28)27-11-13(9-23)8-18(27)19-25-10-17(26-19)14-2-4-16(22)5-3-14/h2-5,10,13,15,18H,6-8,11-12H2,1H3,(H2,24,29)(H,25,26). The molecule has 2 amide bonds. The Kier molecular flexibility index (Phi) is 7.76. The van der Waals surface area contributed by atoms with Gasteiger partial charge in [-0.1, -0.05) is 28.1 Å². The van der Waals surface area contributed by atoms with Gasteiger partial charge in [0.05, 0.1) is 41.6 Å². The van der Waals surface area contributed by atoms with Crippen molar-refractivity contribution in [1.29, 1.82) is 5.26 Å². The van der Waals surface area contributed by atoms with Crippen molar-refractivity contribution in [3.63, 3.8) is 0 Å². The van der Waals surface area contributed by atoms with Crippen LogP contribution in [0, 0.1) is 23.2 Å². The van der Waals surface area contributed by atoms with Crippen molar-refractivity contribution in [1.82, 2.24) is 14.9 Å². The van der Waals surface area contributed by atoms with Crippen molar-refractivity contribution in [2.75, 3.05) is 25.2 Å². The largest absolute Gasteiger partial charge is 0.449 e. The Bertz CT molecular complexity index is 1160. The van der Waals surface area contributed by atoms with Gasteiger partial charge in [0.25, 0.3) is 0 Å². The van der Waals surface area contributed by atoms with E-state index in [1.807, 2.05) is 24.3 Å². The van der Waals surface area contributed by atoms with E-state index in [0.717, 1.165) is 22.0 Å². The molecule has 0 aliphatic carbocycles. The van der Waals surface area contributed by atoms with Gasteiger partial charge in [0.2, 0.25) is 5.91 Å². The van der Waals surface area contributed by atoms with Gasteiger partial charge in [0, 0.05) is 17.3 Å². The Morgan fingerprint density at radius 2 is 2.09 bits per heavy atom. The summed E-state index contributed by atoms with van der Waals surface area (Å²) in [7, 11) is -3.34. The Morgan fingerprint density at radius 1 is 1.39 bits per heavy atom. The van der Waals surface area contributed by atoms with Gasteiger partial charge in [-0.05, 0) is 30.5 Å². The lowest BCUT2D eigenvalue weighted by atomic mass is 10.0. The fourth-order valence-corrected chi connectivity index (χ4v) is 4.74. The van der Waals surface area contributed by atoms with E-state index >= 15 is 0 Å². The van der Waals surface area contributed by atoms with E-state index < -0.39 is 39.7 Å². The highest BCUT2D eigenvalue weighted by molar-refractivity contribution is 9.10. The number of aromatic amines is 1. The Balaban J connectivity index is 1.85. The second-order valence-corrected chi connectivity index (χ2v) is 11.2. The topological polar surface area (TPSA) is 159 Å². The normalized spacial score (nSPS) is 19.1. The summed E-state index contributed by atoms with van der Waals surface area (Å²) < 4.78 is 29.0. The first-order valence-electron chi connectivity index (χ1n) is 10.2. The van der Waals surface area contributed by atoms with Crippen molar-refractivity contribution >= 4 is 37.8 Å². The monoisotopic (exact) mass is 537 g/mol. The number of carbonyl (C=O) groups excluding carboxylic acids is 2. The highest BCUT2D eigenvalue weighted by atomic mass is 79.9. The van der Waals surface area contributed by atoms with Crippen LogP contribution >= 0.6 is 15.9 Å². The number of sulfone groups is 1. The predicted octanol–water partition coefficient (Wildman–Crippen LogP) is 2.40. The van der Waals surface area contributed by atoms with E-state index in [0.29, 0.717) is 12.2 Å². The number of nitrogens with two attached hydrogens (primary N) is 1. The Hall–Kier alpha value is -2.91. The number of halogens is 1. The summed E-state index contributed by atoms with van der Waals surface area (Å²) in [4.78, 5) is 33.7. The van der Waals surface area contributed by atoms with E-state index in [1.54, 1.807) is 6.20 Å². The maximum Gasteiger partial charge on any atom is 0.404 e. The number of nitrogens with one attached hydrogen (secondary N) is 1. The van der Waals surface area contributed by atoms with Gasteiger partial charge in [-0.15, -0.1) is 0 Å². The van der Waals surface area contributed by atoms with Crippen molar-refractivity contribution in [3.8, 4) is 17.3 Å². The van der Waals surface area contributed by atoms with Crippen LogP contribution in [0.25, 0.3) is 11.3 Å². The number of carbonyl (C=O) groups is 2. The van der Waals surface area contributed by atoms with Crippen LogP contribution in [0.5, 0.6) is 0 Å². The van der Waals surface area contributed by atoms with Crippen LogP contribution in [0.1, 0.15) is 24.7 Å². The number of amides is 2. The number of primary amides is 1. The molecule has 3 rings (SSSR count). The van der Waals surface area contributed by atoms with Gasteiger partial charge < -0.3 is 20.4 Å². The van der Waals surface area contributed by atoms with Crippen LogP contribution in [0.3, 0.4) is 0 Å². The molecule has 1 aliphatic rings. The number of hydrogen-bond acceptors (Lipinski definition) is 7. The molecular formula is C21H24BrN5O5S. The number of rotatable bonds is 8. The Morgan fingerprint density at radius 3 is 2.70 bits per heavy atom. The summed E-state index contributed by atoms with van der Waals surface area (Å²) in [6, 6.07) is 9.33. The lowest BCUT2D eigenvalue weighted by Crippen LogP contribution is -2.39. The molecule has 12 heteroatoms. The zero-order valence-electron chi connectivity index (χ0n) is 17.9. The molecule has 3 atom stereocenters. The number of H-pyrrole nitrogens is 1. The summed E-state index contributed by atoms with van der Waals surface area (Å²) in [6.45, 7) is -0.174. The number of likely N-dealkylation sites (tertiary alicyclic amines) is 1. The van der Waals surface area contributed by atoms with Crippen molar-refractivity contribution in [3.05, 3.63) is 40.8 Å². The van der Waals surface area contributed by atoms with E-state index in [1.165, 1.54) is 4.90 Å². The van der Waals surface area contributed by atoms with E-state index in [4.69, 9.17) is 10.5 Å². The molecule has 33 heavy (non-hydrogen) atoms. The molecule has 0 bridgehead atoms. The van der Waals surface area contributed by atoms with Gasteiger partial charge in [-0.2, -0.15) is 5.26 Å². The summed E-state index contributed by atoms with van der Waals surface area (Å²) in [5.74, 6) is -1.46. The zero-order chi connectivity index (χ0) is 24.2. The molecule has 1 aromatic heterocycles. The van der Waals surface area contributed by atoms with E-state index in [-0.39, 0.29) is 25.3 Å². The van der Waals surface area contributed by atoms with Crippen LogP contribution in [-0.4, -0.2) is 60.4 Å². The number of nitriles is 1. The molecular weight excluding hydrogens is 514 g/mol. The highest BCUT2D eigenvalue weighted by Gasteiger charge is 2.40. The molecule has 2 aromatic rings. The molecule has 0 radical (unpaired) electrons. The molecule has 10 nitrogen and oxygen atoms in total. The lowest BCUT2D eigenvalue weighted by molar-refractivity contribution is -0.138. The maximum absolute atomic E-state index is 13.4. The Labute approximate surface area is 200 Å². The number of nitrogens with zero attached hydrogens (tertiary/aromatic N) is 3. The average molecular weight is 538 g/mol.